The largest absolute Gasteiger partial charge is 0.469 e. The Hall–Kier alpha value is -1.36. The number of methoxy groups -OCH3 is 1. The molecule has 1 heterocycles. The number of imidazole rings is 1. The Labute approximate surface area is 95.8 Å². The maximum Gasteiger partial charge on any atom is 0.307 e. The van der Waals surface area contributed by atoms with E-state index < -0.39 is 0 Å². The molecular weight excluding hydrogens is 206 g/mol. The van der Waals surface area contributed by atoms with Gasteiger partial charge in [0.25, 0.3) is 0 Å². The Morgan fingerprint density at radius 3 is 3.00 bits per heavy atom. The molecule has 0 unspecified atom stereocenters. The Balaban J connectivity index is 2.36. The van der Waals surface area contributed by atoms with E-state index in [1.807, 2.05) is 10.8 Å². The fraction of sp³-hybridized carbons (Fsp3) is 0.636. The summed E-state index contributed by atoms with van der Waals surface area (Å²) in [6.07, 6.45) is 4.06. The summed E-state index contributed by atoms with van der Waals surface area (Å²) < 4.78 is 6.47. The van der Waals surface area contributed by atoms with E-state index in [9.17, 15) is 4.79 Å². The van der Waals surface area contributed by atoms with Gasteiger partial charge in [0.1, 0.15) is 0 Å². The molecule has 1 N–H and O–H groups in total. The highest BCUT2D eigenvalue weighted by atomic mass is 16.5. The van der Waals surface area contributed by atoms with Crippen LogP contribution < -0.4 is 5.32 Å². The minimum atomic E-state index is -0.199. The van der Waals surface area contributed by atoms with Crippen LogP contribution in [0.25, 0.3) is 0 Å². The lowest BCUT2D eigenvalue weighted by molar-refractivity contribution is -0.140. The van der Waals surface area contributed by atoms with E-state index in [4.69, 9.17) is 0 Å². The third kappa shape index (κ3) is 4.44. The lowest BCUT2D eigenvalue weighted by Gasteiger charge is -2.04. The van der Waals surface area contributed by atoms with Gasteiger partial charge in [-0.25, -0.2) is 4.98 Å². The Bertz CT molecular complexity index is 334. The second kappa shape index (κ2) is 6.27. The number of carbonyl (C=O) groups excluding carboxylic acids is 1. The topological polar surface area (TPSA) is 56.2 Å². The van der Waals surface area contributed by atoms with Crippen LogP contribution in [-0.2, 0) is 22.6 Å². The predicted octanol–water partition coefficient (Wildman–Crippen LogP) is 0.944. The number of rotatable bonds is 6. The molecule has 0 aliphatic carbocycles. The first kappa shape index (κ1) is 12.7. The van der Waals surface area contributed by atoms with Crippen LogP contribution in [0.15, 0.2) is 12.5 Å². The molecule has 0 aliphatic heterocycles. The lowest BCUT2D eigenvalue weighted by Crippen LogP contribution is -2.21. The molecule has 0 saturated carbocycles. The van der Waals surface area contributed by atoms with Crippen molar-refractivity contribution in [3.8, 4) is 0 Å². The summed E-state index contributed by atoms with van der Waals surface area (Å²) in [4.78, 5) is 15.2. The van der Waals surface area contributed by atoms with Crippen molar-refractivity contribution in [3.63, 3.8) is 0 Å². The lowest BCUT2D eigenvalue weighted by atomic mass is 10.3. The average Bonchev–Trinajstić information content (AvgIpc) is 2.71. The van der Waals surface area contributed by atoms with Crippen LogP contribution in [0.5, 0.6) is 0 Å². The van der Waals surface area contributed by atoms with Gasteiger partial charge in [-0.15, -0.1) is 0 Å². The van der Waals surface area contributed by atoms with Crippen molar-refractivity contribution in [1.82, 2.24) is 14.9 Å². The molecule has 0 amide bonds. The molecule has 5 heteroatoms. The van der Waals surface area contributed by atoms with Crippen molar-refractivity contribution >= 4 is 5.97 Å². The van der Waals surface area contributed by atoms with E-state index in [-0.39, 0.29) is 5.97 Å². The minimum Gasteiger partial charge on any atom is -0.469 e. The van der Waals surface area contributed by atoms with E-state index in [0.717, 1.165) is 12.2 Å². The summed E-state index contributed by atoms with van der Waals surface area (Å²) in [5.41, 5.74) is 0.985. The van der Waals surface area contributed by atoms with Gasteiger partial charge in [-0.05, 0) is 0 Å². The van der Waals surface area contributed by atoms with Crippen LogP contribution in [0, 0.1) is 0 Å². The van der Waals surface area contributed by atoms with Crippen molar-refractivity contribution in [1.29, 1.82) is 0 Å². The maximum absolute atomic E-state index is 10.9. The second-order valence-corrected chi connectivity index (χ2v) is 3.96. The maximum atomic E-state index is 10.9. The monoisotopic (exact) mass is 225 g/mol. The van der Waals surface area contributed by atoms with Gasteiger partial charge in [0.15, 0.2) is 0 Å². The number of ether oxygens (including phenoxy) is 1. The van der Waals surface area contributed by atoms with E-state index in [0.29, 0.717) is 19.0 Å². The Kier molecular flexibility index (Phi) is 4.98. The molecular formula is C11H19N3O2. The van der Waals surface area contributed by atoms with Crippen LogP contribution in [0.4, 0.5) is 0 Å². The number of nitrogens with one attached hydrogen (secondary N) is 1. The van der Waals surface area contributed by atoms with Crippen LogP contribution in [0.1, 0.15) is 26.0 Å². The van der Waals surface area contributed by atoms with Crippen molar-refractivity contribution < 1.29 is 9.53 Å². The second-order valence-electron chi connectivity index (χ2n) is 3.96. The molecule has 16 heavy (non-hydrogen) atoms. The fourth-order valence-electron chi connectivity index (χ4n) is 1.25. The summed E-state index contributed by atoms with van der Waals surface area (Å²) in [6, 6.07) is 0.445. The van der Waals surface area contributed by atoms with Gasteiger partial charge in [0, 0.05) is 25.3 Å². The first-order chi connectivity index (χ1) is 7.61. The molecule has 0 spiro atoms. The van der Waals surface area contributed by atoms with Crippen molar-refractivity contribution in [2.75, 3.05) is 7.11 Å². The van der Waals surface area contributed by atoms with E-state index in [2.05, 4.69) is 28.9 Å². The zero-order chi connectivity index (χ0) is 12.0. The number of aromatic nitrogens is 2. The molecule has 5 nitrogen and oxygen atoms in total. The van der Waals surface area contributed by atoms with Crippen LogP contribution in [-0.4, -0.2) is 28.7 Å². The molecule has 1 aromatic heterocycles. The van der Waals surface area contributed by atoms with E-state index >= 15 is 0 Å². The van der Waals surface area contributed by atoms with Crippen LogP contribution >= 0.6 is 0 Å². The molecule has 0 aromatic carbocycles. The summed E-state index contributed by atoms with van der Waals surface area (Å²) in [6.45, 7) is 5.55. The zero-order valence-electron chi connectivity index (χ0n) is 10.1. The number of hydrogen-bond donors (Lipinski definition) is 1. The van der Waals surface area contributed by atoms with E-state index in [1.54, 1.807) is 6.33 Å². The average molecular weight is 225 g/mol. The van der Waals surface area contributed by atoms with Gasteiger partial charge in [-0.2, -0.15) is 0 Å². The molecule has 1 aromatic rings. The predicted molar refractivity (Wildman–Crippen MR) is 60.8 cm³/mol. The number of aryl methyl sites for hydroxylation is 1. The van der Waals surface area contributed by atoms with Crippen molar-refractivity contribution in [3.05, 3.63) is 18.2 Å². The van der Waals surface area contributed by atoms with Crippen molar-refractivity contribution in [2.24, 2.45) is 0 Å². The number of nitrogens with zero attached hydrogens (tertiary/aromatic N) is 2. The van der Waals surface area contributed by atoms with Crippen molar-refractivity contribution in [2.45, 2.75) is 39.4 Å². The van der Waals surface area contributed by atoms with Gasteiger partial charge in [0.2, 0.25) is 0 Å². The highest BCUT2D eigenvalue weighted by Gasteiger charge is 2.03. The number of esters is 1. The fourth-order valence-corrected chi connectivity index (χ4v) is 1.25. The quantitative estimate of drug-likeness (QED) is 0.732. The summed E-state index contributed by atoms with van der Waals surface area (Å²) in [7, 11) is 1.40. The van der Waals surface area contributed by atoms with Gasteiger partial charge in [0.05, 0.1) is 25.6 Å². The highest BCUT2D eigenvalue weighted by Crippen LogP contribution is 1.99. The summed E-state index contributed by atoms with van der Waals surface area (Å²) in [5, 5.41) is 3.28. The van der Waals surface area contributed by atoms with Gasteiger partial charge in [-0.3, -0.25) is 4.79 Å². The van der Waals surface area contributed by atoms with Gasteiger partial charge >= 0.3 is 5.97 Å². The number of carbonyl (C=O) groups is 1. The SMILES string of the molecule is COC(=O)CCn1cnc(CNC(C)C)c1. The normalized spacial score (nSPS) is 10.8. The molecule has 0 atom stereocenters. The van der Waals surface area contributed by atoms with Gasteiger partial charge in [-0.1, -0.05) is 13.8 Å². The molecule has 0 aliphatic rings. The number of hydrogen-bond acceptors (Lipinski definition) is 4. The first-order valence-electron chi connectivity index (χ1n) is 5.42. The molecule has 0 bridgehead atoms. The summed E-state index contributed by atoms with van der Waals surface area (Å²) >= 11 is 0. The first-order valence-corrected chi connectivity index (χ1v) is 5.42. The molecule has 0 fully saturated rings. The van der Waals surface area contributed by atoms with Crippen LogP contribution in [0.2, 0.25) is 0 Å². The third-order valence-corrected chi connectivity index (χ3v) is 2.18. The molecule has 0 radical (unpaired) electrons. The third-order valence-electron chi connectivity index (χ3n) is 2.18. The smallest absolute Gasteiger partial charge is 0.307 e. The Morgan fingerprint density at radius 1 is 1.62 bits per heavy atom. The van der Waals surface area contributed by atoms with E-state index in [1.165, 1.54) is 7.11 Å². The highest BCUT2D eigenvalue weighted by molar-refractivity contribution is 5.68. The molecule has 90 valence electrons. The molecule has 0 saturated heterocycles. The minimum absolute atomic E-state index is 0.199. The zero-order valence-corrected chi connectivity index (χ0v) is 10.1. The Morgan fingerprint density at radius 2 is 2.38 bits per heavy atom. The summed E-state index contributed by atoms with van der Waals surface area (Å²) in [5.74, 6) is -0.199. The van der Waals surface area contributed by atoms with Crippen LogP contribution in [0.3, 0.4) is 0 Å². The standard InChI is InChI=1S/C11H19N3O2/c1-9(2)12-6-10-7-14(8-13-10)5-4-11(15)16-3/h7-9,12H,4-6H2,1-3H3. The molecule has 1 rings (SSSR count). The van der Waals surface area contributed by atoms with Gasteiger partial charge < -0.3 is 14.6 Å².